The first-order chi connectivity index (χ1) is 13.9. The van der Waals surface area contributed by atoms with E-state index in [0.29, 0.717) is 17.7 Å². The first-order valence-electron chi connectivity index (χ1n) is 9.77. The van der Waals surface area contributed by atoms with Gasteiger partial charge in [0.2, 0.25) is 0 Å². The highest BCUT2D eigenvalue weighted by Crippen LogP contribution is 2.50. The minimum Gasteiger partial charge on any atom is -0.497 e. The number of benzene rings is 3. The molecule has 1 aliphatic rings. The van der Waals surface area contributed by atoms with E-state index in [2.05, 4.69) is 0 Å². The lowest BCUT2D eigenvalue weighted by Crippen LogP contribution is -2.47. The zero-order valence-electron chi connectivity index (χ0n) is 16.9. The fourth-order valence-electron chi connectivity index (χ4n) is 4.26. The molecule has 29 heavy (non-hydrogen) atoms. The number of anilines is 1. The Labute approximate surface area is 172 Å². The van der Waals surface area contributed by atoms with Gasteiger partial charge in [-0.2, -0.15) is 0 Å². The molecule has 0 aromatic heterocycles. The molecule has 3 aromatic carbocycles. The number of sulfonamides is 1. The first-order valence-corrected chi connectivity index (χ1v) is 11.2. The highest BCUT2D eigenvalue weighted by Gasteiger charge is 2.50. The van der Waals surface area contributed by atoms with E-state index in [0.717, 1.165) is 28.1 Å². The second kappa shape index (κ2) is 7.23. The maximum atomic E-state index is 13.9. The van der Waals surface area contributed by atoms with Crippen molar-refractivity contribution in [3.8, 4) is 5.75 Å². The van der Waals surface area contributed by atoms with Crippen LogP contribution in [0.5, 0.6) is 5.75 Å². The van der Waals surface area contributed by atoms with Crippen molar-refractivity contribution >= 4 is 15.7 Å². The molecule has 0 saturated carbocycles. The van der Waals surface area contributed by atoms with Crippen LogP contribution in [0.2, 0.25) is 0 Å². The summed E-state index contributed by atoms with van der Waals surface area (Å²) in [5, 5.41) is 0. The van der Waals surface area contributed by atoms with Crippen LogP contribution >= 0.6 is 0 Å². The van der Waals surface area contributed by atoms with E-state index >= 15 is 0 Å². The molecule has 5 heteroatoms. The van der Waals surface area contributed by atoms with Gasteiger partial charge in [-0.3, -0.25) is 4.31 Å². The Balaban J connectivity index is 1.97. The van der Waals surface area contributed by atoms with Gasteiger partial charge in [-0.25, -0.2) is 8.42 Å². The van der Waals surface area contributed by atoms with Crippen LogP contribution in [0.15, 0.2) is 77.7 Å². The molecule has 0 radical (unpaired) electrons. The summed E-state index contributed by atoms with van der Waals surface area (Å²) in [5.41, 5.74) is 3.04. The van der Waals surface area contributed by atoms with Crippen molar-refractivity contribution in [2.45, 2.75) is 37.1 Å². The van der Waals surface area contributed by atoms with Gasteiger partial charge in [0.1, 0.15) is 5.75 Å². The van der Waals surface area contributed by atoms with Crippen molar-refractivity contribution < 1.29 is 13.2 Å². The largest absolute Gasteiger partial charge is 0.497 e. The molecule has 1 heterocycles. The van der Waals surface area contributed by atoms with Crippen molar-refractivity contribution in [2.75, 3.05) is 11.4 Å². The summed E-state index contributed by atoms with van der Waals surface area (Å²) in [7, 11) is -2.14. The van der Waals surface area contributed by atoms with Gasteiger partial charge in [0.05, 0.1) is 23.2 Å². The molecule has 0 fully saturated rings. The number of aryl methyl sites for hydroxylation is 1. The van der Waals surface area contributed by atoms with Crippen LogP contribution in [0.3, 0.4) is 0 Å². The standard InChI is InChI=1S/C24H25NO3S/c1-4-24(20-8-6-5-7-9-20)17-19-16-21(28-3)12-15-23(19)25(24)29(26,27)22-13-10-18(2)11-14-22/h5-16H,4,17H2,1-3H3. The second-order valence-electron chi connectivity index (χ2n) is 7.51. The molecule has 0 saturated heterocycles. The van der Waals surface area contributed by atoms with Gasteiger partial charge in [0.25, 0.3) is 10.0 Å². The number of fused-ring (bicyclic) bond motifs is 1. The van der Waals surface area contributed by atoms with Gasteiger partial charge in [-0.1, -0.05) is 55.0 Å². The molecule has 3 aromatic rings. The highest BCUT2D eigenvalue weighted by atomic mass is 32.2. The van der Waals surface area contributed by atoms with Gasteiger partial charge >= 0.3 is 0 Å². The van der Waals surface area contributed by atoms with E-state index in [9.17, 15) is 8.42 Å². The van der Waals surface area contributed by atoms with Gasteiger partial charge in [0.15, 0.2) is 0 Å². The molecule has 0 spiro atoms. The van der Waals surface area contributed by atoms with E-state index in [-0.39, 0.29) is 0 Å². The van der Waals surface area contributed by atoms with Crippen molar-refractivity contribution in [3.63, 3.8) is 0 Å². The van der Waals surface area contributed by atoms with E-state index in [4.69, 9.17) is 4.74 Å². The summed E-state index contributed by atoms with van der Waals surface area (Å²) >= 11 is 0. The average molecular weight is 408 g/mol. The fourth-order valence-corrected chi connectivity index (χ4v) is 6.15. The molecule has 4 nitrogen and oxygen atoms in total. The van der Waals surface area contributed by atoms with E-state index in [1.807, 2.05) is 74.5 Å². The predicted octanol–water partition coefficient (Wildman–Crippen LogP) is 5.06. The summed E-state index contributed by atoms with van der Waals surface area (Å²) in [6.07, 6.45) is 1.25. The molecule has 4 rings (SSSR count). The van der Waals surface area contributed by atoms with Gasteiger partial charge < -0.3 is 4.74 Å². The average Bonchev–Trinajstić information content (AvgIpc) is 3.10. The van der Waals surface area contributed by atoms with Gasteiger partial charge in [0, 0.05) is 6.42 Å². The topological polar surface area (TPSA) is 46.6 Å². The Morgan fingerprint density at radius 3 is 2.31 bits per heavy atom. The second-order valence-corrected chi connectivity index (χ2v) is 9.29. The molecule has 1 unspecified atom stereocenters. The summed E-state index contributed by atoms with van der Waals surface area (Å²) in [5.74, 6) is 0.733. The monoisotopic (exact) mass is 407 g/mol. The number of hydrogen-bond donors (Lipinski definition) is 0. The normalized spacial score (nSPS) is 18.5. The van der Waals surface area contributed by atoms with E-state index in [1.165, 1.54) is 0 Å². The van der Waals surface area contributed by atoms with Crippen molar-refractivity contribution in [3.05, 3.63) is 89.5 Å². The van der Waals surface area contributed by atoms with E-state index in [1.54, 1.807) is 23.5 Å². The lowest BCUT2D eigenvalue weighted by Gasteiger charge is -2.39. The Kier molecular flexibility index (Phi) is 4.87. The number of ether oxygens (including phenoxy) is 1. The third-order valence-corrected chi connectivity index (χ3v) is 7.73. The van der Waals surface area contributed by atoms with Crippen LogP contribution in [0.4, 0.5) is 5.69 Å². The minimum atomic E-state index is -3.76. The van der Waals surface area contributed by atoms with Gasteiger partial charge in [-0.05, 0) is 54.8 Å². The molecule has 150 valence electrons. The summed E-state index contributed by atoms with van der Waals surface area (Å²) in [6.45, 7) is 4.00. The number of rotatable bonds is 5. The summed E-state index contributed by atoms with van der Waals surface area (Å²) in [4.78, 5) is 0.306. The number of nitrogens with zero attached hydrogens (tertiary/aromatic N) is 1. The van der Waals surface area contributed by atoms with Crippen LogP contribution < -0.4 is 9.04 Å². The third kappa shape index (κ3) is 3.10. The molecule has 1 aliphatic heterocycles. The zero-order chi connectivity index (χ0) is 20.6. The first kappa shape index (κ1) is 19.5. The summed E-state index contributed by atoms with van der Waals surface area (Å²) < 4.78 is 34.8. The lowest BCUT2D eigenvalue weighted by molar-refractivity contribution is 0.413. The molecule has 0 N–H and O–H groups in total. The SMILES string of the molecule is CCC1(c2ccccc2)Cc2cc(OC)ccc2N1S(=O)(=O)c1ccc(C)cc1. The molecule has 0 aliphatic carbocycles. The van der Waals surface area contributed by atoms with Crippen LogP contribution in [0.1, 0.15) is 30.0 Å². The van der Waals surface area contributed by atoms with Crippen LogP contribution in [-0.4, -0.2) is 15.5 Å². The molecule has 0 bridgehead atoms. The van der Waals surface area contributed by atoms with Gasteiger partial charge in [-0.15, -0.1) is 0 Å². The fraction of sp³-hybridized carbons (Fsp3) is 0.250. The summed E-state index contributed by atoms with van der Waals surface area (Å²) in [6, 6.07) is 22.6. The van der Waals surface area contributed by atoms with Crippen molar-refractivity contribution in [1.82, 2.24) is 0 Å². The molecular weight excluding hydrogens is 382 g/mol. The van der Waals surface area contributed by atoms with E-state index < -0.39 is 15.6 Å². The van der Waals surface area contributed by atoms with Crippen LogP contribution in [-0.2, 0) is 22.0 Å². The third-order valence-electron chi connectivity index (χ3n) is 5.83. The lowest BCUT2D eigenvalue weighted by atomic mass is 9.84. The smallest absolute Gasteiger partial charge is 0.265 e. The van der Waals surface area contributed by atoms with Crippen molar-refractivity contribution in [2.24, 2.45) is 0 Å². The predicted molar refractivity (Wildman–Crippen MR) is 116 cm³/mol. The number of methoxy groups -OCH3 is 1. The van der Waals surface area contributed by atoms with Crippen molar-refractivity contribution in [1.29, 1.82) is 0 Å². The van der Waals surface area contributed by atoms with Crippen LogP contribution in [0.25, 0.3) is 0 Å². The Hall–Kier alpha value is -2.79. The minimum absolute atomic E-state index is 0.306. The molecule has 0 amide bonds. The Morgan fingerprint density at radius 1 is 1.00 bits per heavy atom. The number of hydrogen-bond acceptors (Lipinski definition) is 3. The zero-order valence-corrected chi connectivity index (χ0v) is 17.7. The van der Waals surface area contributed by atoms with Crippen LogP contribution in [0, 0.1) is 6.92 Å². The molecular formula is C24H25NO3S. The highest BCUT2D eigenvalue weighted by molar-refractivity contribution is 7.93. The maximum Gasteiger partial charge on any atom is 0.265 e. The quantitative estimate of drug-likeness (QED) is 0.594. The molecule has 1 atom stereocenters. The Bertz CT molecular complexity index is 1120. The maximum absolute atomic E-state index is 13.9. The Morgan fingerprint density at radius 2 is 1.69 bits per heavy atom.